The van der Waals surface area contributed by atoms with Gasteiger partial charge in [-0.05, 0) is 18.1 Å². The molecule has 2 atom stereocenters. The third kappa shape index (κ3) is 3.67. The molecule has 0 unspecified atom stereocenters. The summed E-state index contributed by atoms with van der Waals surface area (Å²) in [5.41, 5.74) is 4.10. The predicted molar refractivity (Wildman–Crippen MR) is 90.7 cm³/mol. The van der Waals surface area contributed by atoms with Crippen LogP contribution in [0.15, 0.2) is 66.9 Å². The lowest BCUT2D eigenvalue weighted by Gasteiger charge is -2.25. The standard InChI is InChI=1S/C19H21N3O/c1-14-17(13-21-22-14)12-20-18(15-8-4-2-5-9-15)19(23)16-10-6-3-7-11-16/h2-11,13,18-20,23H,12H2,1H3,(H,21,22)/t18-,19+/m1/s1. The number of benzene rings is 2. The second-order valence-corrected chi connectivity index (χ2v) is 5.65. The summed E-state index contributed by atoms with van der Waals surface area (Å²) in [6.45, 7) is 2.64. The largest absolute Gasteiger partial charge is 0.386 e. The fraction of sp³-hybridized carbons (Fsp3) is 0.211. The Morgan fingerprint density at radius 1 is 1.00 bits per heavy atom. The second-order valence-electron chi connectivity index (χ2n) is 5.65. The van der Waals surface area contributed by atoms with Gasteiger partial charge in [0.1, 0.15) is 0 Å². The maximum atomic E-state index is 10.8. The van der Waals surface area contributed by atoms with Crippen molar-refractivity contribution < 1.29 is 5.11 Å². The number of hydrogen-bond acceptors (Lipinski definition) is 3. The zero-order valence-corrected chi connectivity index (χ0v) is 13.1. The summed E-state index contributed by atoms with van der Waals surface area (Å²) in [4.78, 5) is 0. The lowest BCUT2D eigenvalue weighted by molar-refractivity contribution is 0.127. The number of aryl methyl sites for hydroxylation is 1. The van der Waals surface area contributed by atoms with E-state index in [0.717, 1.165) is 22.4 Å². The third-order valence-electron chi connectivity index (χ3n) is 4.06. The van der Waals surface area contributed by atoms with Crippen LogP contribution in [0.1, 0.15) is 34.5 Å². The van der Waals surface area contributed by atoms with Crippen molar-refractivity contribution in [3.05, 3.63) is 89.2 Å². The molecule has 3 N–H and O–H groups in total. The van der Waals surface area contributed by atoms with Crippen molar-refractivity contribution in [3.8, 4) is 0 Å². The molecule has 118 valence electrons. The van der Waals surface area contributed by atoms with E-state index < -0.39 is 6.10 Å². The van der Waals surface area contributed by atoms with E-state index in [0.29, 0.717) is 6.54 Å². The number of nitrogens with zero attached hydrogens (tertiary/aromatic N) is 1. The van der Waals surface area contributed by atoms with Gasteiger partial charge < -0.3 is 10.4 Å². The Balaban J connectivity index is 1.83. The Bertz CT molecular complexity index is 725. The molecule has 0 aliphatic carbocycles. The Morgan fingerprint density at radius 3 is 2.17 bits per heavy atom. The molecule has 4 nitrogen and oxygen atoms in total. The zero-order chi connectivity index (χ0) is 16.1. The zero-order valence-electron chi connectivity index (χ0n) is 13.1. The number of aromatic nitrogens is 2. The predicted octanol–water partition coefficient (Wildman–Crippen LogP) is 3.28. The highest BCUT2D eigenvalue weighted by atomic mass is 16.3. The van der Waals surface area contributed by atoms with E-state index in [4.69, 9.17) is 0 Å². The summed E-state index contributed by atoms with van der Waals surface area (Å²) in [5.74, 6) is 0. The first kappa shape index (κ1) is 15.5. The molecular formula is C19H21N3O. The smallest absolute Gasteiger partial charge is 0.0984 e. The minimum atomic E-state index is -0.620. The lowest BCUT2D eigenvalue weighted by Crippen LogP contribution is -2.27. The van der Waals surface area contributed by atoms with Crippen molar-refractivity contribution in [1.29, 1.82) is 0 Å². The van der Waals surface area contributed by atoms with Crippen molar-refractivity contribution in [1.82, 2.24) is 15.5 Å². The van der Waals surface area contributed by atoms with Crippen LogP contribution in [0.25, 0.3) is 0 Å². The van der Waals surface area contributed by atoms with Gasteiger partial charge in [-0.2, -0.15) is 5.10 Å². The maximum Gasteiger partial charge on any atom is 0.0984 e. The molecule has 0 bridgehead atoms. The van der Waals surface area contributed by atoms with Crippen molar-refractivity contribution >= 4 is 0 Å². The Kier molecular flexibility index (Phi) is 4.86. The fourth-order valence-corrected chi connectivity index (χ4v) is 2.69. The normalized spacial score (nSPS) is 13.7. The monoisotopic (exact) mass is 307 g/mol. The van der Waals surface area contributed by atoms with Crippen molar-refractivity contribution in [2.24, 2.45) is 0 Å². The molecule has 0 fully saturated rings. The molecule has 0 aliphatic heterocycles. The molecule has 4 heteroatoms. The summed E-state index contributed by atoms with van der Waals surface area (Å²) in [7, 11) is 0. The van der Waals surface area contributed by atoms with Crippen molar-refractivity contribution in [3.63, 3.8) is 0 Å². The van der Waals surface area contributed by atoms with Crippen LogP contribution in [0, 0.1) is 6.92 Å². The minimum Gasteiger partial charge on any atom is -0.386 e. The molecule has 3 aromatic rings. The second kappa shape index (κ2) is 7.22. The summed E-state index contributed by atoms with van der Waals surface area (Å²) in [6.07, 6.45) is 1.20. The quantitative estimate of drug-likeness (QED) is 0.655. The number of aliphatic hydroxyl groups excluding tert-OH is 1. The Hall–Kier alpha value is -2.43. The van der Waals surface area contributed by atoms with Gasteiger partial charge in [0.15, 0.2) is 0 Å². The minimum absolute atomic E-state index is 0.187. The molecular weight excluding hydrogens is 286 g/mol. The maximum absolute atomic E-state index is 10.8. The highest BCUT2D eigenvalue weighted by Gasteiger charge is 2.22. The van der Waals surface area contributed by atoms with E-state index >= 15 is 0 Å². The SMILES string of the molecule is Cc1[nH]ncc1CN[C@H](c1ccccc1)[C@@H](O)c1ccccc1. The van der Waals surface area contributed by atoms with Gasteiger partial charge in [0, 0.05) is 17.8 Å². The first-order chi connectivity index (χ1) is 11.3. The van der Waals surface area contributed by atoms with Crippen LogP contribution in [0.5, 0.6) is 0 Å². The molecule has 2 aromatic carbocycles. The van der Waals surface area contributed by atoms with Crippen LogP contribution in [0.4, 0.5) is 0 Å². The van der Waals surface area contributed by atoms with Crippen LogP contribution in [-0.2, 0) is 6.54 Å². The molecule has 0 amide bonds. The van der Waals surface area contributed by atoms with E-state index in [-0.39, 0.29) is 6.04 Å². The summed E-state index contributed by atoms with van der Waals surface area (Å²) in [6, 6.07) is 19.6. The highest BCUT2D eigenvalue weighted by molar-refractivity contribution is 5.26. The molecule has 0 saturated heterocycles. The molecule has 23 heavy (non-hydrogen) atoms. The molecule has 1 aromatic heterocycles. The molecule has 0 saturated carbocycles. The van der Waals surface area contributed by atoms with Gasteiger partial charge in [-0.25, -0.2) is 0 Å². The first-order valence-electron chi connectivity index (χ1n) is 7.76. The van der Waals surface area contributed by atoms with Crippen LogP contribution < -0.4 is 5.32 Å². The van der Waals surface area contributed by atoms with Gasteiger partial charge in [-0.1, -0.05) is 60.7 Å². The van der Waals surface area contributed by atoms with E-state index in [1.807, 2.05) is 73.8 Å². The van der Waals surface area contributed by atoms with Gasteiger partial charge in [-0.15, -0.1) is 0 Å². The van der Waals surface area contributed by atoms with E-state index in [1.54, 1.807) is 0 Å². The number of rotatable bonds is 6. The highest BCUT2D eigenvalue weighted by Crippen LogP contribution is 2.29. The van der Waals surface area contributed by atoms with E-state index in [9.17, 15) is 5.11 Å². The number of H-pyrrole nitrogens is 1. The summed E-state index contributed by atoms with van der Waals surface area (Å²) >= 11 is 0. The number of nitrogens with one attached hydrogen (secondary N) is 2. The Morgan fingerprint density at radius 2 is 1.61 bits per heavy atom. The van der Waals surface area contributed by atoms with Gasteiger partial charge in [0.05, 0.1) is 18.3 Å². The lowest BCUT2D eigenvalue weighted by atomic mass is 9.95. The molecule has 0 aliphatic rings. The molecule has 0 radical (unpaired) electrons. The number of aliphatic hydroxyl groups is 1. The van der Waals surface area contributed by atoms with Crippen LogP contribution in [0.2, 0.25) is 0 Å². The van der Waals surface area contributed by atoms with Gasteiger partial charge in [0.2, 0.25) is 0 Å². The number of aromatic amines is 1. The molecule has 3 rings (SSSR count). The average molecular weight is 307 g/mol. The van der Waals surface area contributed by atoms with Crippen LogP contribution in [-0.4, -0.2) is 15.3 Å². The summed E-state index contributed by atoms with van der Waals surface area (Å²) in [5, 5.41) is 21.3. The van der Waals surface area contributed by atoms with Crippen molar-refractivity contribution in [2.45, 2.75) is 25.6 Å². The van der Waals surface area contributed by atoms with Gasteiger partial charge >= 0.3 is 0 Å². The van der Waals surface area contributed by atoms with E-state index in [2.05, 4.69) is 15.5 Å². The molecule has 1 heterocycles. The van der Waals surface area contributed by atoms with Crippen LogP contribution >= 0.6 is 0 Å². The topological polar surface area (TPSA) is 60.9 Å². The fourth-order valence-electron chi connectivity index (χ4n) is 2.69. The third-order valence-corrected chi connectivity index (χ3v) is 4.06. The first-order valence-corrected chi connectivity index (χ1v) is 7.76. The van der Waals surface area contributed by atoms with Crippen molar-refractivity contribution in [2.75, 3.05) is 0 Å². The van der Waals surface area contributed by atoms with Crippen LogP contribution in [0.3, 0.4) is 0 Å². The average Bonchev–Trinajstić information content (AvgIpc) is 3.02. The van der Waals surface area contributed by atoms with Gasteiger partial charge in [-0.3, -0.25) is 5.10 Å². The van der Waals surface area contributed by atoms with E-state index in [1.165, 1.54) is 0 Å². The number of hydrogen-bond donors (Lipinski definition) is 3. The van der Waals surface area contributed by atoms with Gasteiger partial charge in [0.25, 0.3) is 0 Å². The Labute approximate surface area is 136 Å². The summed E-state index contributed by atoms with van der Waals surface area (Å²) < 4.78 is 0. The molecule has 0 spiro atoms.